The molecule has 0 aliphatic rings. The predicted molar refractivity (Wildman–Crippen MR) is 103 cm³/mol. The Morgan fingerprint density at radius 3 is 2.64 bits per heavy atom. The second-order valence-electron chi connectivity index (χ2n) is 5.22. The van der Waals surface area contributed by atoms with E-state index in [1.807, 2.05) is 0 Å². The highest BCUT2D eigenvalue weighted by Crippen LogP contribution is 2.31. The molecule has 0 fully saturated rings. The lowest BCUT2D eigenvalue weighted by Gasteiger charge is -2.09. The number of hydrogen-bond donors (Lipinski definition) is 2. The molecule has 3 aromatic rings. The highest BCUT2D eigenvalue weighted by atomic mass is 32.2. The van der Waals surface area contributed by atoms with Crippen LogP contribution in [0, 0.1) is 0 Å². The lowest BCUT2D eigenvalue weighted by molar-refractivity contribution is -0.137. The number of alkyl halides is 3. The van der Waals surface area contributed by atoms with Gasteiger partial charge in [0.05, 0.1) is 16.2 Å². The van der Waals surface area contributed by atoms with Crippen LogP contribution in [0.5, 0.6) is 0 Å². The molecule has 2 N–H and O–H groups in total. The summed E-state index contributed by atoms with van der Waals surface area (Å²) >= 11 is 3.45. The van der Waals surface area contributed by atoms with E-state index in [1.165, 1.54) is 23.5 Å². The molecule has 2 amide bonds. The zero-order chi connectivity index (χ0) is 20.1. The Morgan fingerprint density at radius 2 is 1.93 bits per heavy atom. The van der Waals surface area contributed by atoms with Crippen molar-refractivity contribution in [1.82, 2.24) is 10.2 Å². The Kier molecular flexibility index (Phi) is 6.31. The van der Waals surface area contributed by atoms with Crippen LogP contribution in [0.1, 0.15) is 15.2 Å². The summed E-state index contributed by atoms with van der Waals surface area (Å²) in [7, 11) is 0. The van der Waals surface area contributed by atoms with E-state index in [9.17, 15) is 22.8 Å². The van der Waals surface area contributed by atoms with E-state index in [4.69, 9.17) is 0 Å². The minimum Gasteiger partial charge on any atom is -0.325 e. The quantitative estimate of drug-likeness (QED) is 0.429. The Morgan fingerprint density at radius 1 is 1.11 bits per heavy atom. The van der Waals surface area contributed by atoms with Crippen LogP contribution >= 0.6 is 34.4 Å². The van der Waals surface area contributed by atoms with Gasteiger partial charge in [0.1, 0.15) is 0 Å². The van der Waals surface area contributed by atoms with Gasteiger partial charge in [-0.25, -0.2) is 0 Å². The average molecular weight is 444 g/mol. The Bertz CT molecular complexity index is 974. The van der Waals surface area contributed by atoms with Crippen molar-refractivity contribution in [3.63, 3.8) is 0 Å². The molecule has 0 unspecified atom stereocenters. The normalized spacial score (nSPS) is 11.2. The molecular weight excluding hydrogens is 433 g/mol. The van der Waals surface area contributed by atoms with E-state index in [2.05, 4.69) is 20.8 Å². The highest BCUT2D eigenvalue weighted by molar-refractivity contribution is 8.01. The molecule has 6 nitrogen and oxygen atoms in total. The fraction of sp³-hybridized carbons (Fsp3) is 0.125. The SMILES string of the molecule is O=C(CSc1nnc(NC(=O)c2cccs2)s1)Nc1cccc(C(F)(F)F)c1. The largest absolute Gasteiger partial charge is 0.416 e. The van der Waals surface area contributed by atoms with E-state index in [0.717, 1.165) is 35.2 Å². The van der Waals surface area contributed by atoms with E-state index in [1.54, 1.807) is 17.5 Å². The molecule has 0 saturated heterocycles. The van der Waals surface area contributed by atoms with Crippen molar-refractivity contribution in [2.45, 2.75) is 10.5 Å². The van der Waals surface area contributed by atoms with Crippen molar-refractivity contribution >= 4 is 57.1 Å². The molecule has 0 aliphatic carbocycles. The summed E-state index contributed by atoms with van der Waals surface area (Å²) in [4.78, 5) is 24.4. The monoisotopic (exact) mass is 444 g/mol. The van der Waals surface area contributed by atoms with E-state index in [0.29, 0.717) is 14.3 Å². The molecule has 2 heterocycles. The van der Waals surface area contributed by atoms with Gasteiger partial charge in [0.15, 0.2) is 4.34 Å². The van der Waals surface area contributed by atoms with Crippen LogP contribution in [0.2, 0.25) is 0 Å². The maximum Gasteiger partial charge on any atom is 0.416 e. The van der Waals surface area contributed by atoms with Crippen LogP contribution in [-0.2, 0) is 11.0 Å². The smallest absolute Gasteiger partial charge is 0.325 e. The van der Waals surface area contributed by atoms with Crippen molar-refractivity contribution in [2.24, 2.45) is 0 Å². The number of thioether (sulfide) groups is 1. The van der Waals surface area contributed by atoms with Crippen LogP contribution in [0.25, 0.3) is 0 Å². The van der Waals surface area contributed by atoms with Crippen molar-refractivity contribution in [2.75, 3.05) is 16.4 Å². The molecule has 3 rings (SSSR count). The number of thiophene rings is 1. The van der Waals surface area contributed by atoms with Crippen LogP contribution in [-0.4, -0.2) is 27.8 Å². The number of carbonyl (C=O) groups excluding carboxylic acids is 2. The van der Waals surface area contributed by atoms with Crippen molar-refractivity contribution in [1.29, 1.82) is 0 Å². The number of benzene rings is 1. The second kappa shape index (κ2) is 8.71. The third-order valence-corrected chi connectivity index (χ3v) is 6.01. The Hall–Kier alpha value is -2.44. The molecule has 146 valence electrons. The van der Waals surface area contributed by atoms with Gasteiger partial charge in [-0.05, 0) is 29.6 Å². The number of halogens is 3. The third kappa shape index (κ3) is 5.53. The Labute approximate surface area is 169 Å². The maximum atomic E-state index is 12.7. The van der Waals surface area contributed by atoms with E-state index >= 15 is 0 Å². The highest BCUT2D eigenvalue weighted by Gasteiger charge is 2.30. The Balaban J connectivity index is 1.51. The minimum atomic E-state index is -4.48. The molecule has 0 saturated carbocycles. The summed E-state index contributed by atoms with van der Waals surface area (Å²) < 4.78 is 38.5. The molecule has 12 heteroatoms. The zero-order valence-electron chi connectivity index (χ0n) is 13.8. The van der Waals surface area contributed by atoms with Crippen molar-refractivity contribution < 1.29 is 22.8 Å². The standard InChI is InChI=1S/C16H11F3N4O2S3/c17-16(18,19)9-3-1-4-10(7-9)20-12(24)8-27-15-23-22-14(28-15)21-13(25)11-5-2-6-26-11/h1-7H,8H2,(H,20,24)(H,21,22,25). The number of hydrogen-bond acceptors (Lipinski definition) is 7. The molecule has 0 spiro atoms. The van der Waals surface area contributed by atoms with Crippen molar-refractivity contribution in [3.8, 4) is 0 Å². The molecule has 0 atom stereocenters. The van der Waals surface area contributed by atoms with Crippen molar-refractivity contribution in [3.05, 3.63) is 52.2 Å². The van der Waals surface area contributed by atoms with Gasteiger partial charge in [0, 0.05) is 5.69 Å². The van der Waals surface area contributed by atoms with Gasteiger partial charge in [-0.15, -0.1) is 21.5 Å². The lowest BCUT2D eigenvalue weighted by atomic mass is 10.2. The van der Waals surface area contributed by atoms with E-state index in [-0.39, 0.29) is 17.3 Å². The topological polar surface area (TPSA) is 84.0 Å². The zero-order valence-corrected chi connectivity index (χ0v) is 16.3. The first kappa shape index (κ1) is 20.3. The summed E-state index contributed by atoms with van der Waals surface area (Å²) in [6.07, 6.45) is -4.48. The lowest BCUT2D eigenvalue weighted by Crippen LogP contribution is -2.15. The molecule has 28 heavy (non-hydrogen) atoms. The first-order chi connectivity index (χ1) is 13.3. The minimum absolute atomic E-state index is 0.0570. The summed E-state index contributed by atoms with van der Waals surface area (Å²) in [5.41, 5.74) is -0.783. The second-order valence-corrected chi connectivity index (χ2v) is 8.37. The van der Waals surface area contributed by atoms with Crippen LogP contribution in [0.15, 0.2) is 46.1 Å². The fourth-order valence-electron chi connectivity index (χ4n) is 1.98. The average Bonchev–Trinajstić information content (AvgIpc) is 3.31. The molecule has 0 bridgehead atoms. The molecule has 0 aliphatic heterocycles. The van der Waals surface area contributed by atoms with Gasteiger partial charge in [0.2, 0.25) is 11.0 Å². The van der Waals surface area contributed by atoms with Gasteiger partial charge in [0.25, 0.3) is 5.91 Å². The molecule has 0 radical (unpaired) electrons. The number of aromatic nitrogens is 2. The molecule has 1 aromatic carbocycles. The van der Waals surface area contributed by atoms with Gasteiger partial charge in [-0.3, -0.25) is 14.9 Å². The predicted octanol–water partition coefficient (Wildman–Crippen LogP) is 4.60. The molecule has 2 aromatic heterocycles. The van der Waals surface area contributed by atoms with Crippen LogP contribution in [0.4, 0.5) is 24.0 Å². The number of amides is 2. The fourth-order valence-corrected chi connectivity index (χ4v) is 4.15. The number of carbonyl (C=O) groups is 2. The number of rotatable bonds is 6. The van der Waals surface area contributed by atoms with Gasteiger partial charge >= 0.3 is 6.18 Å². The summed E-state index contributed by atoms with van der Waals surface area (Å²) in [6, 6.07) is 7.82. The maximum absolute atomic E-state index is 12.7. The van der Waals surface area contributed by atoms with E-state index < -0.39 is 17.6 Å². The summed E-state index contributed by atoms with van der Waals surface area (Å²) in [5.74, 6) is -0.849. The molecular formula is C16H11F3N4O2S3. The summed E-state index contributed by atoms with van der Waals surface area (Å²) in [5, 5.41) is 14.8. The first-order valence-corrected chi connectivity index (χ1v) is 10.3. The van der Waals surface area contributed by atoms with Gasteiger partial charge < -0.3 is 5.32 Å². The van der Waals surface area contributed by atoms with Crippen LogP contribution in [0.3, 0.4) is 0 Å². The number of nitrogens with zero attached hydrogens (tertiary/aromatic N) is 2. The number of anilines is 2. The first-order valence-electron chi connectivity index (χ1n) is 7.59. The third-order valence-electron chi connectivity index (χ3n) is 3.17. The van der Waals surface area contributed by atoms with Gasteiger partial charge in [-0.2, -0.15) is 13.2 Å². The summed E-state index contributed by atoms with van der Waals surface area (Å²) in [6.45, 7) is 0. The number of nitrogens with one attached hydrogen (secondary N) is 2. The van der Waals surface area contributed by atoms with Crippen LogP contribution < -0.4 is 10.6 Å². The van der Waals surface area contributed by atoms with Gasteiger partial charge in [-0.1, -0.05) is 35.2 Å².